The zero-order chi connectivity index (χ0) is 12.3. The van der Waals surface area contributed by atoms with E-state index in [1.807, 2.05) is 0 Å². The largest absolute Gasteiger partial charge is 0.361 e. The Morgan fingerprint density at radius 3 is 2.76 bits per heavy atom. The van der Waals surface area contributed by atoms with Crippen LogP contribution in [0.15, 0.2) is 30.5 Å². The number of aromatic amines is 1. The highest BCUT2D eigenvalue weighted by molar-refractivity contribution is 5.82. The number of aromatic nitrogens is 1. The summed E-state index contributed by atoms with van der Waals surface area (Å²) in [7, 11) is 0. The smallest absolute Gasteiger partial charge is 0.0457 e. The first kappa shape index (κ1) is 12.2. The van der Waals surface area contributed by atoms with Crippen LogP contribution in [-0.2, 0) is 6.54 Å². The van der Waals surface area contributed by atoms with E-state index in [0.29, 0.717) is 0 Å². The average Bonchev–Trinajstić information content (AvgIpc) is 2.70. The second kappa shape index (κ2) is 4.92. The topological polar surface area (TPSA) is 27.8 Å². The molecule has 1 aromatic carbocycles. The van der Waals surface area contributed by atoms with Gasteiger partial charge in [0.05, 0.1) is 0 Å². The maximum atomic E-state index is 3.63. The average molecular weight is 230 g/mol. The zero-order valence-corrected chi connectivity index (χ0v) is 11.0. The van der Waals surface area contributed by atoms with Crippen molar-refractivity contribution in [2.75, 3.05) is 0 Å². The number of hydrogen-bond acceptors (Lipinski definition) is 1. The number of nitrogens with one attached hydrogen (secondary N) is 2. The molecule has 0 spiro atoms. The van der Waals surface area contributed by atoms with Crippen LogP contribution in [0.5, 0.6) is 0 Å². The second-order valence-corrected chi connectivity index (χ2v) is 5.35. The van der Waals surface area contributed by atoms with Gasteiger partial charge in [-0.1, -0.05) is 31.5 Å². The second-order valence-electron chi connectivity index (χ2n) is 5.35. The molecule has 0 saturated heterocycles. The molecule has 0 amide bonds. The third-order valence-electron chi connectivity index (χ3n) is 3.31. The summed E-state index contributed by atoms with van der Waals surface area (Å²) in [5.41, 5.74) is 2.79. The van der Waals surface area contributed by atoms with Crippen molar-refractivity contribution in [3.63, 3.8) is 0 Å². The lowest BCUT2D eigenvalue weighted by atomic mass is 9.98. The van der Waals surface area contributed by atoms with Crippen LogP contribution in [0.25, 0.3) is 10.9 Å². The molecule has 1 heterocycles. The SMILES string of the molecule is CCCC(C)(C)NCc1c[nH]c2ccccc12. The van der Waals surface area contributed by atoms with Crippen LogP contribution in [0.1, 0.15) is 39.2 Å². The summed E-state index contributed by atoms with van der Waals surface area (Å²) >= 11 is 0. The number of benzene rings is 1. The van der Waals surface area contributed by atoms with E-state index < -0.39 is 0 Å². The van der Waals surface area contributed by atoms with Crippen molar-refractivity contribution in [2.45, 2.75) is 45.7 Å². The van der Waals surface area contributed by atoms with Gasteiger partial charge in [0.25, 0.3) is 0 Å². The van der Waals surface area contributed by atoms with E-state index in [9.17, 15) is 0 Å². The van der Waals surface area contributed by atoms with Crippen molar-refractivity contribution >= 4 is 10.9 Å². The van der Waals surface area contributed by atoms with E-state index in [2.05, 4.69) is 61.5 Å². The van der Waals surface area contributed by atoms with Gasteiger partial charge in [0, 0.05) is 29.2 Å². The number of fused-ring (bicyclic) bond motifs is 1. The molecule has 2 nitrogen and oxygen atoms in total. The van der Waals surface area contributed by atoms with Crippen LogP contribution in [-0.4, -0.2) is 10.5 Å². The van der Waals surface area contributed by atoms with Crippen molar-refractivity contribution in [1.82, 2.24) is 10.3 Å². The molecular weight excluding hydrogens is 208 g/mol. The third kappa shape index (κ3) is 2.89. The summed E-state index contributed by atoms with van der Waals surface area (Å²) in [6.07, 6.45) is 4.53. The Labute approximate surface area is 103 Å². The minimum absolute atomic E-state index is 0.215. The van der Waals surface area contributed by atoms with E-state index in [0.717, 1.165) is 6.54 Å². The van der Waals surface area contributed by atoms with Gasteiger partial charge >= 0.3 is 0 Å². The Morgan fingerprint density at radius 1 is 1.24 bits per heavy atom. The standard InChI is InChI=1S/C15H22N2/c1-4-9-15(2,3)17-11-12-10-16-14-8-6-5-7-13(12)14/h5-8,10,16-17H,4,9,11H2,1-3H3. The molecule has 92 valence electrons. The molecule has 17 heavy (non-hydrogen) atoms. The predicted octanol–water partition coefficient (Wildman–Crippen LogP) is 3.84. The molecule has 0 bridgehead atoms. The summed E-state index contributed by atoms with van der Waals surface area (Å²) in [6, 6.07) is 8.46. The molecule has 0 saturated carbocycles. The van der Waals surface area contributed by atoms with E-state index in [4.69, 9.17) is 0 Å². The molecule has 0 radical (unpaired) electrons. The van der Waals surface area contributed by atoms with Crippen LogP contribution >= 0.6 is 0 Å². The molecule has 0 atom stereocenters. The summed E-state index contributed by atoms with van der Waals surface area (Å²) in [5.74, 6) is 0. The van der Waals surface area contributed by atoms with Crippen LogP contribution < -0.4 is 5.32 Å². The van der Waals surface area contributed by atoms with E-state index in [1.54, 1.807) is 0 Å². The fourth-order valence-electron chi connectivity index (χ4n) is 2.33. The number of H-pyrrole nitrogens is 1. The molecule has 2 aromatic rings. The van der Waals surface area contributed by atoms with Gasteiger partial charge in [-0.25, -0.2) is 0 Å². The molecule has 1 aromatic heterocycles. The Hall–Kier alpha value is -1.28. The summed E-state index contributed by atoms with van der Waals surface area (Å²) in [6.45, 7) is 7.70. The van der Waals surface area contributed by atoms with E-state index in [-0.39, 0.29) is 5.54 Å². The first-order valence-electron chi connectivity index (χ1n) is 6.42. The number of rotatable bonds is 5. The van der Waals surface area contributed by atoms with Gasteiger partial charge in [0.1, 0.15) is 0 Å². The van der Waals surface area contributed by atoms with Gasteiger partial charge in [-0.15, -0.1) is 0 Å². The normalized spacial score (nSPS) is 12.2. The van der Waals surface area contributed by atoms with E-state index >= 15 is 0 Å². The maximum Gasteiger partial charge on any atom is 0.0457 e. The van der Waals surface area contributed by atoms with Crippen LogP contribution in [0.2, 0.25) is 0 Å². The summed E-state index contributed by atoms with van der Waals surface area (Å²) in [5, 5.41) is 4.96. The molecule has 2 N–H and O–H groups in total. The first-order chi connectivity index (χ1) is 8.12. The lowest BCUT2D eigenvalue weighted by Crippen LogP contribution is -2.38. The van der Waals surface area contributed by atoms with Crippen molar-refractivity contribution in [3.05, 3.63) is 36.0 Å². The van der Waals surface area contributed by atoms with Crippen LogP contribution in [0, 0.1) is 0 Å². The van der Waals surface area contributed by atoms with E-state index in [1.165, 1.54) is 29.3 Å². The lowest BCUT2D eigenvalue weighted by Gasteiger charge is -2.25. The van der Waals surface area contributed by atoms with Crippen molar-refractivity contribution < 1.29 is 0 Å². The molecule has 0 aliphatic carbocycles. The summed E-state index contributed by atoms with van der Waals surface area (Å²) in [4.78, 5) is 3.32. The molecule has 2 heteroatoms. The third-order valence-corrected chi connectivity index (χ3v) is 3.31. The number of hydrogen-bond donors (Lipinski definition) is 2. The van der Waals surface area contributed by atoms with Gasteiger partial charge in [-0.05, 0) is 31.9 Å². The highest BCUT2D eigenvalue weighted by Crippen LogP contribution is 2.19. The van der Waals surface area contributed by atoms with Crippen molar-refractivity contribution in [1.29, 1.82) is 0 Å². The number of para-hydroxylation sites is 1. The van der Waals surface area contributed by atoms with Gasteiger partial charge in [-0.3, -0.25) is 0 Å². The fraction of sp³-hybridized carbons (Fsp3) is 0.467. The van der Waals surface area contributed by atoms with Crippen molar-refractivity contribution in [2.24, 2.45) is 0 Å². The highest BCUT2D eigenvalue weighted by Gasteiger charge is 2.15. The molecule has 0 aliphatic heterocycles. The zero-order valence-electron chi connectivity index (χ0n) is 11.0. The van der Waals surface area contributed by atoms with Gasteiger partial charge in [-0.2, -0.15) is 0 Å². The quantitative estimate of drug-likeness (QED) is 0.802. The monoisotopic (exact) mass is 230 g/mol. The summed E-state index contributed by atoms with van der Waals surface area (Å²) < 4.78 is 0. The Kier molecular flexibility index (Phi) is 3.53. The Balaban J connectivity index is 2.09. The fourth-order valence-corrected chi connectivity index (χ4v) is 2.33. The van der Waals surface area contributed by atoms with Crippen LogP contribution in [0.4, 0.5) is 0 Å². The Morgan fingerprint density at radius 2 is 2.00 bits per heavy atom. The molecule has 0 fully saturated rings. The molecule has 0 aliphatic rings. The minimum atomic E-state index is 0.215. The molecular formula is C15H22N2. The Bertz CT molecular complexity index is 482. The van der Waals surface area contributed by atoms with Crippen LogP contribution in [0.3, 0.4) is 0 Å². The van der Waals surface area contributed by atoms with Crippen molar-refractivity contribution in [3.8, 4) is 0 Å². The minimum Gasteiger partial charge on any atom is -0.361 e. The molecule has 0 unspecified atom stereocenters. The lowest BCUT2D eigenvalue weighted by molar-refractivity contribution is 0.357. The maximum absolute atomic E-state index is 3.63. The molecule has 2 rings (SSSR count). The highest BCUT2D eigenvalue weighted by atomic mass is 15.0. The predicted molar refractivity (Wildman–Crippen MR) is 74.1 cm³/mol. The van der Waals surface area contributed by atoms with Gasteiger partial charge in [0.2, 0.25) is 0 Å². The van der Waals surface area contributed by atoms with Gasteiger partial charge < -0.3 is 10.3 Å². The van der Waals surface area contributed by atoms with Gasteiger partial charge in [0.15, 0.2) is 0 Å². The first-order valence-corrected chi connectivity index (χ1v) is 6.42.